The molecule has 0 unspecified atom stereocenters. The van der Waals surface area contributed by atoms with Crippen molar-refractivity contribution in [3.8, 4) is 5.75 Å². The number of nitrogens with two attached hydrogens (primary N) is 1. The number of hydrogen-bond donors (Lipinski definition) is 1. The molecule has 2 heterocycles. The minimum Gasteiger partial charge on any atom is -0.497 e. The summed E-state index contributed by atoms with van der Waals surface area (Å²) >= 11 is 0. The van der Waals surface area contributed by atoms with Gasteiger partial charge in [0.25, 0.3) is 0 Å². The number of aromatic nitrogens is 3. The summed E-state index contributed by atoms with van der Waals surface area (Å²) in [6.45, 7) is 0.845. The number of rotatable bonds is 3. The molecule has 1 aliphatic heterocycles. The fourth-order valence-electron chi connectivity index (χ4n) is 2.57. The Labute approximate surface area is 122 Å². The van der Waals surface area contributed by atoms with Crippen LogP contribution in [-0.4, -0.2) is 34.3 Å². The molecule has 0 fully saturated rings. The van der Waals surface area contributed by atoms with Crippen LogP contribution in [0.15, 0.2) is 24.5 Å². The molecule has 0 radical (unpaired) electrons. The zero-order chi connectivity index (χ0) is 14.8. The van der Waals surface area contributed by atoms with Gasteiger partial charge in [0.05, 0.1) is 7.11 Å². The lowest BCUT2D eigenvalue weighted by Gasteiger charge is -2.29. The van der Waals surface area contributed by atoms with E-state index in [0.29, 0.717) is 6.54 Å². The highest BCUT2D eigenvalue weighted by molar-refractivity contribution is 5.94. The predicted molar refractivity (Wildman–Crippen MR) is 78.1 cm³/mol. The summed E-state index contributed by atoms with van der Waals surface area (Å²) < 4.78 is 6.69. The van der Waals surface area contributed by atoms with Gasteiger partial charge in [-0.3, -0.25) is 4.79 Å². The molecule has 3 rings (SSSR count). The highest BCUT2D eigenvalue weighted by Crippen LogP contribution is 2.30. The van der Waals surface area contributed by atoms with Gasteiger partial charge in [0.2, 0.25) is 11.9 Å². The van der Waals surface area contributed by atoms with Crippen molar-refractivity contribution in [1.82, 2.24) is 14.8 Å². The zero-order valence-electron chi connectivity index (χ0n) is 11.8. The van der Waals surface area contributed by atoms with Crippen molar-refractivity contribution < 1.29 is 9.53 Å². The summed E-state index contributed by atoms with van der Waals surface area (Å²) in [6.07, 6.45) is 3.35. The second-order valence-corrected chi connectivity index (χ2v) is 4.94. The van der Waals surface area contributed by atoms with Crippen LogP contribution in [0.3, 0.4) is 0 Å². The molecule has 7 nitrogen and oxygen atoms in total. The van der Waals surface area contributed by atoms with Gasteiger partial charge >= 0.3 is 0 Å². The average Bonchev–Trinajstić information content (AvgIpc) is 2.91. The molecule has 0 saturated heterocycles. The second-order valence-electron chi connectivity index (χ2n) is 4.94. The lowest BCUT2D eigenvalue weighted by atomic mass is 10.0. The molecule has 2 N–H and O–H groups in total. The van der Waals surface area contributed by atoms with E-state index in [2.05, 4.69) is 10.1 Å². The van der Waals surface area contributed by atoms with E-state index in [9.17, 15) is 4.79 Å². The third kappa shape index (κ3) is 2.67. The number of fused-ring (bicyclic) bond motifs is 1. The molecule has 21 heavy (non-hydrogen) atoms. The average molecular weight is 287 g/mol. The minimum atomic E-state index is -0.0222. The number of nitrogens with zero attached hydrogens (tertiary/aromatic N) is 4. The molecule has 0 saturated carbocycles. The molecule has 0 atom stereocenters. The number of benzene rings is 1. The predicted octanol–water partition coefficient (Wildman–Crippen LogP) is 0.848. The van der Waals surface area contributed by atoms with Crippen LogP contribution >= 0.6 is 0 Å². The van der Waals surface area contributed by atoms with Gasteiger partial charge < -0.3 is 15.4 Å². The monoisotopic (exact) mass is 287 g/mol. The lowest BCUT2D eigenvalue weighted by molar-refractivity contribution is -0.119. The van der Waals surface area contributed by atoms with Gasteiger partial charge in [-0.2, -0.15) is 0 Å². The number of carbonyl (C=O) groups is 1. The maximum absolute atomic E-state index is 12.5. The Hall–Kier alpha value is -2.57. The van der Waals surface area contributed by atoms with Gasteiger partial charge in [0.1, 0.15) is 18.6 Å². The fourth-order valence-corrected chi connectivity index (χ4v) is 2.57. The van der Waals surface area contributed by atoms with Crippen molar-refractivity contribution in [3.05, 3.63) is 30.1 Å². The van der Waals surface area contributed by atoms with Gasteiger partial charge in [-0.1, -0.05) is 0 Å². The number of anilines is 2. The molecule has 7 heteroatoms. The van der Waals surface area contributed by atoms with E-state index in [4.69, 9.17) is 10.5 Å². The van der Waals surface area contributed by atoms with Crippen LogP contribution < -0.4 is 15.4 Å². The number of amides is 1. The minimum absolute atomic E-state index is 0.0222. The van der Waals surface area contributed by atoms with Gasteiger partial charge in [0.15, 0.2) is 0 Å². The normalized spacial score (nSPS) is 13.9. The Bertz CT molecular complexity index is 667. The second kappa shape index (κ2) is 5.43. The fraction of sp³-hybridized carbons (Fsp3) is 0.357. The third-order valence-corrected chi connectivity index (χ3v) is 3.56. The van der Waals surface area contributed by atoms with E-state index in [1.165, 1.54) is 11.0 Å². The van der Waals surface area contributed by atoms with Crippen LogP contribution in [0.1, 0.15) is 12.0 Å². The van der Waals surface area contributed by atoms with E-state index in [-0.39, 0.29) is 18.4 Å². The maximum atomic E-state index is 12.5. The summed E-state index contributed by atoms with van der Waals surface area (Å²) in [5.41, 5.74) is 7.54. The van der Waals surface area contributed by atoms with Crippen molar-refractivity contribution >= 4 is 17.5 Å². The van der Waals surface area contributed by atoms with Crippen LogP contribution in [0.4, 0.5) is 11.6 Å². The molecule has 1 aliphatic rings. The smallest absolute Gasteiger partial charge is 0.248 e. The van der Waals surface area contributed by atoms with Crippen molar-refractivity contribution in [2.24, 2.45) is 0 Å². The first-order valence-electron chi connectivity index (χ1n) is 6.79. The Morgan fingerprint density at radius 2 is 2.33 bits per heavy atom. The SMILES string of the molecule is COc1ccc2c(c1)CCCN2C(=O)Cn1cnc(N)n1. The first kappa shape index (κ1) is 13.4. The standard InChI is InChI=1S/C14H17N5O2/c1-21-11-4-5-12-10(7-11)3-2-6-19(12)13(20)8-18-9-16-14(15)17-18/h4-5,7,9H,2-3,6,8H2,1H3,(H2,15,17). The Balaban J connectivity index is 1.82. The number of carbonyl (C=O) groups excluding carboxylic acids is 1. The van der Waals surface area contributed by atoms with E-state index < -0.39 is 0 Å². The molecule has 0 aliphatic carbocycles. The van der Waals surface area contributed by atoms with Gasteiger partial charge in [-0.15, -0.1) is 5.10 Å². The van der Waals surface area contributed by atoms with Crippen LogP contribution in [0.5, 0.6) is 5.75 Å². The molecular formula is C14H17N5O2. The molecule has 2 aromatic rings. The summed E-state index contributed by atoms with van der Waals surface area (Å²) in [5, 5.41) is 3.94. The van der Waals surface area contributed by atoms with Gasteiger partial charge in [-0.25, -0.2) is 9.67 Å². The highest BCUT2D eigenvalue weighted by Gasteiger charge is 2.23. The van der Waals surface area contributed by atoms with Gasteiger partial charge in [-0.05, 0) is 36.6 Å². The van der Waals surface area contributed by atoms with Crippen molar-refractivity contribution in [1.29, 1.82) is 0 Å². The Kier molecular flexibility index (Phi) is 3.47. The topological polar surface area (TPSA) is 86.3 Å². The molecule has 0 bridgehead atoms. The molecule has 1 aromatic heterocycles. The van der Waals surface area contributed by atoms with E-state index in [1.807, 2.05) is 18.2 Å². The van der Waals surface area contributed by atoms with Gasteiger partial charge in [0, 0.05) is 12.2 Å². The molecule has 1 amide bonds. The summed E-state index contributed by atoms with van der Waals surface area (Å²) in [6, 6.07) is 5.79. The largest absolute Gasteiger partial charge is 0.497 e. The van der Waals surface area contributed by atoms with E-state index in [0.717, 1.165) is 29.8 Å². The highest BCUT2D eigenvalue weighted by atomic mass is 16.5. The first-order valence-corrected chi connectivity index (χ1v) is 6.79. The Morgan fingerprint density at radius 1 is 1.48 bits per heavy atom. The molecule has 110 valence electrons. The van der Waals surface area contributed by atoms with Crippen molar-refractivity contribution in [2.75, 3.05) is 24.3 Å². The van der Waals surface area contributed by atoms with E-state index in [1.54, 1.807) is 12.0 Å². The summed E-state index contributed by atoms with van der Waals surface area (Å²) in [5.74, 6) is 0.963. The van der Waals surface area contributed by atoms with Crippen LogP contribution in [0.2, 0.25) is 0 Å². The number of aryl methyl sites for hydroxylation is 1. The van der Waals surface area contributed by atoms with Crippen LogP contribution in [-0.2, 0) is 17.8 Å². The third-order valence-electron chi connectivity index (χ3n) is 3.56. The number of ether oxygens (including phenoxy) is 1. The van der Waals surface area contributed by atoms with Crippen LogP contribution in [0.25, 0.3) is 0 Å². The zero-order valence-corrected chi connectivity index (χ0v) is 11.8. The molecular weight excluding hydrogens is 270 g/mol. The first-order chi connectivity index (χ1) is 10.2. The van der Waals surface area contributed by atoms with E-state index >= 15 is 0 Å². The quantitative estimate of drug-likeness (QED) is 0.904. The summed E-state index contributed by atoms with van der Waals surface area (Å²) in [7, 11) is 1.64. The summed E-state index contributed by atoms with van der Waals surface area (Å²) in [4.78, 5) is 18.1. The number of hydrogen-bond acceptors (Lipinski definition) is 5. The Morgan fingerprint density at radius 3 is 3.05 bits per heavy atom. The lowest BCUT2D eigenvalue weighted by Crippen LogP contribution is -2.37. The number of nitrogen functional groups attached to an aromatic ring is 1. The van der Waals surface area contributed by atoms with Crippen molar-refractivity contribution in [3.63, 3.8) is 0 Å². The maximum Gasteiger partial charge on any atom is 0.248 e. The van der Waals surface area contributed by atoms with Crippen molar-refractivity contribution in [2.45, 2.75) is 19.4 Å². The molecule has 1 aromatic carbocycles. The number of methoxy groups -OCH3 is 1. The molecule has 0 spiro atoms. The van der Waals surface area contributed by atoms with Crippen LogP contribution in [0, 0.1) is 0 Å².